The standard InChI is InChI=1S/C28H34F2N8/c1-5-37-10-8-18(9-11-37)25(31)19-6-7-24(32-14-19)35-28-33-15-22(30)26(36-28)20-12-21(29)27-23(13-20)38(16(2)3)17(4)34-27/h6-7,12-16,18,25H,5,8-11,31H2,1-4H3,(H,32,33,35,36)/t25-/m0/s1. The van der Waals surface area contributed by atoms with E-state index >= 15 is 0 Å². The summed E-state index contributed by atoms with van der Waals surface area (Å²) < 4.78 is 31.7. The van der Waals surface area contributed by atoms with Gasteiger partial charge in [-0.25, -0.2) is 28.7 Å². The summed E-state index contributed by atoms with van der Waals surface area (Å²) in [6, 6.07) is 6.74. The Morgan fingerprint density at radius 2 is 1.82 bits per heavy atom. The van der Waals surface area contributed by atoms with E-state index in [1.807, 2.05) is 37.5 Å². The van der Waals surface area contributed by atoms with E-state index < -0.39 is 11.6 Å². The van der Waals surface area contributed by atoms with Crippen LogP contribution in [0.2, 0.25) is 0 Å². The van der Waals surface area contributed by atoms with Crippen LogP contribution in [0.4, 0.5) is 20.5 Å². The van der Waals surface area contributed by atoms with Crippen molar-refractivity contribution in [3.63, 3.8) is 0 Å². The maximum atomic E-state index is 15.0. The highest BCUT2D eigenvalue weighted by Crippen LogP contribution is 2.31. The zero-order valence-corrected chi connectivity index (χ0v) is 22.2. The molecule has 3 aromatic heterocycles. The van der Waals surface area contributed by atoms with E-state index in [9.17, 15) is 8.78 Å². The summed E-state index contributed by atoms with van der Waals surface area (Å²) in [6.07, 6.45) is 4.99. The molecule has 200 valence electrons. The number of anilines is 2. The smallest absolute Gasteiger partial charge is 0.229 e. The molecule has 4 aromatic rings. The lowest BCUT2D eigenvalue weighted by Gasteiger charge is -2.34. The fraction of sp³-hybridized carbons (Fsp3) is 0.429. The maximum absolute atomic E-state index is 15.0. The molecule has 38 heavy (non-hydrogen) atoms. The van der Waals surface area contributed by atoms with Crippen LogP contribution in [0.3, 0.4) is 0 Å². The van der Waals surface area contributed by atoms with Crippen molar-refractivity contribution in [3.8, 4) is 11.3 Å². The third-order valence-electron chi connectivity index (χ3n) is 7.46. The molecule has 3 N–H and O–H groups in total. The highest BCUT2D eigenvalue weighted by Gasteiger charge is 2.25. The number of halogens is 2. The van der Waals surface area contributed by atoms with Crippen molar-refractivity contribution in [1.82, 2.24) is 29.4 Å². The lowest BCUT2D eigenvalue weighted by Crippen LogP contribution is -2.37. The highest BCUT2D eigenvalue weighted by molar-refractivity contribution is 5.83. The number of aryl methyl sites for hydroxylation is 1. The normalized spacial score (nSPS) is 15.9. The first-order chi connectivity index (χ1) is 18.2. The van der Waals surface area contributed by atoms with Crippen LogP contribution in [0, 0.1) is 24.5 Å². The Morgan fingerprint density at radius 3 is 2.47 bits per heavy atom. The van der Waals surface area contributed by atoms with E-state index in [2.05, 4.69) is 37.1 Å². The molecule has 10 heteroatoms. The van der Waals surface area contributed by atoms with E-state index in [1.54, 1.807) is 12.3 Å². The number of imidazole rings is 1. The average molecular weight is 521 g/mol. The predicted octanol–water partition coefficient (Wildman–Crippen LogP) is 5.53. The average Bonchev–Trinajstić information content (AvgIpc) is 3.26. The summed E-state index contributed by atoms with van der Waals surface area (Å²) in [5.74, 6) is 0.611. The lowest BCUT2D eigenvalue weighted by molar-refractivity contribution is 0.176. The second-order valence-corrected chi connectivity index (χ2v) is 10.2. The number of nitrogens with one attached hydrogen (secondary N) is 1. The van der Waals surface area contributed by atoms with Crippen molar-refractivity contribution in [3.05, 3.63) is 59.7 Å². The molecular weight excluding hydrogens is 486 g/mol. The number of fused-ring (bicyclic) bond motifs is 1. The quantitative estimate of drug-likeness (QED) is 0.331. The van der Waals surface area contributed by atoms with Crippen LogP contribution in [0.5, 0.6) is 0 Å². The van der Waals surface area contributed by atoms with Gasteiger partial charge in [-0.2, -0.15) is 0 Å². The minimum Gasteiger partial charge on any atom is -0.326 e. The third-order valence-corrected chi connectivity index (χ3v) is 7.46. The van der Waals surface area contributed by atoms with Crippen LogP contribution in [-0.2, 0) is 0 Å². The summed E-state index contributed by atoms with van der Waals surface area (Å²) in [5.41, 5.74) is 8.69. The van der Waals surface area contributed by atoms with E-state index in [4.69, 9.17) is 5.73 Å². The van der Waals surface area contributed by atoms with Gasteiger partial charge in [0, 0.05) is 23.8 Å². The first-order valence-electron chi connectivity index (χ1n) is 13.2. The summed E-state index contributed by atoms with van der Waals surface area (Å²) in [6.45, 7) is 11.2. The number of hydrogen-bond donors (Lipinski definition) is 2. The van der Waals surface area contributed by atoms with Crippen LogP contribution in [-0.4, -0.2) is 49.0 Å². The molecule has 4 heterocycles. The van der Waals surface area contributed by atoms with Gasteiger partial charge >= 0.3 is 0 Å². The molecule has 1 aliphatic rings. The van der Waals surface area contributed by atoms with Crippen LogP contribution < -0.4 is 11.1 Å². The molecule has 5 rings (SSSR count). The Kier molecular flexibility index (Phi) is 7.36. The number of hydrogen-bond acceptors (Lipinski definition) is 7. The van der Waals surface area contributed by atoms with Gasteiger partial charge < -0.3 is 20.5 Å². The first kappa shape index (κ1) is 26.1. The van der Waals surface area contributed by atoms with Gasteiger partial charge in [-0.15, -0.1) is 0 Å². The Balaban J connectivity index is 1.37. The molecule has 0 aliphatic carbocycles. The molecular formula is C28H34F2N8. The number of likely N-dealkylation sites (tertiary alicyclic amines) is 1. The summed E-state index contributed by atoms with van der Waals surface area (Å²) in [4.78, 5) is 19.7. The van der Waals surface area contributed by atoms with Gasteiger partial charge in [0.25, 0.3) is 0 Å². The Morgan fingerprint density at radius 1 is 1.05 bits per heavy atom. The molecule has 1 aromatic carbocycles. The first-order valence-corrected chi connectivity index (χ1v) is 13.2. The van der Waals surface area contributed by atoms with Crippen molar-refractivity contribution in [1.29, 1.82) is 0 Å². The molecule has 0 amide bonds. The topological polar surface area (TPSA) is 97.8 Å². The van der Waals surface area contributed by atoms with E-state index in [0.29, 0.717) is 28.6 Å². The van der Waals surface area contributed by atoms with Crippen molar-refractivity contribution in [2.24, 2.45) is 11.7 Å². The van der Waals surface area contributed by atoms with Crippen LogP contribution in [0.15, 0.2) is 36.7 Å². The summed E-state index contributed by atoms with van der Waals surface area (Å²) in [7, 11) is 0. The second-order valence-electron chi connectivity index (χ2n) is 10.2. The predicted molar refractivity (Wildman–Crippen MR) is 145 cm³/mol. The Hall–Kier alpha value is -3.50. The largest absolute Gasteiger partial charge is 0.326 e. The number of aromatic nitrogens is 5. The zero-order chi connectivity index (χ0) is 27.0. The molecule has 0 saturated carbocycles. The van der Waals surface area contributed by atoms with Crippen LogP contribution in [0.25, 0.3) is 22.3 Å². The molecule has 8 nitrogen and oxygen atoms in total. The number of rotatable bonds is 7. The number of pyridine rings is 1. The fourth-order valence-corrected chi connectivity index (χ4v) is 5.38. The highest BCUT2D eigenvalue weighted by atomic mass is 19.1. The second kappa shape index (κ2) is 10.7. The summed E-state index contributed by atoms with van der Waals surface area (Å²) in [5, 5.41) is 3.03. The van der Waals surface area contributed by atoms with E-state index in [-0.39, 0.29) is 29.2 Å². The SMILES string of the molecule is CCN1CCC([C@H](N)c2ccc(Nc3ncc(F)c(-c4cc(F)c5nc(C)n(C(C)C)c5c4)n3)nc2)CC1. The van der Waals surface area contributed by atoms with Gasteiger partial charge in [-0.1, -0.05) is 13.0 Å². The monoisotopic (exact) mass is 520 g/mol. The Bertz CT molecular complexity index is 1430. The molecule has 1 saturated heterocycles. The van der Waals surface area contributed by atoms with Crippen molar-refractivity contribution in [2.75, 3.05) is 25.0 Å². The zero-order valence-electron chi connectivity index (χ0n) is 22.2. The minimum absolute atomic E-state index is 0.00507. The van der Waals surface area contributed by atoms with Gasteiger partial charge in [0.1, 0.15) is 22.9 Å². The van der Waals surface area contributed by atoms with E-state index in [1.165, 1.54) is 6.07 Å². The molecule has 0 radical (unpaired) electrons. The van der Waals surface area contributed by atoms with Crippen LogP contribution in [0.1, 0.15) is 57.1 Å². The lowest BCUT2D eigenvalue weighted by atomic mass is 9.86. The number of nitrogens with two attached hydrogens (primary N) is 1. The molecule has 1 aliphatic heterocycles. The minimum atomic E-state index is -0.648. The molecule has 1 fully saturated rings. The molecule has 0 bridgehead atoms. The van der Waals surface area contributed by atoms with Crippen LogP contribution >= 0.6 is 0 Å². The van der Waals surface area contributed by atoms with Crippen molar-refractivity contribution in [2.45, 2.75) is 52.6 Å². The molecule has 0 spiro atoms. The van der Waals surface area contributed by atoms with Gasteiger partial charge in [0.2, 0.25) is 5.95 Å². The van der Waals surface area contributed by atoms with Gasteiger partial charge in [0.15, 0.2) is 11.6 Å². The molecule has 0 unspecified atom stereocenters. The number of piperidine rings is 1. The molecule has 1 atom stereocenters. The van der Waals surface area contributed by atoms with Crippen molar-refractivity contribution < 1.29 is 8.78 Å². The number of benzene rings is 1. The fourth-order valence-electron chi connectivity index (χ4n) is 5.38. The van der Waals surface area contributed by atoms with Crippen molar-refractivity contribution >= 4 is 22.8 Å². The third kappa shape index (κ3) is 5.10. The Labute approximate surface area is 221 Å². The van der Waals surface area contributed by atoms with Gasteiger partial charge in [0.05, 0.1) is 11.7 Å². The van der Waals surface area contributed by atoms with E-state index in [0.717, 1.165) is 44.2 Å². The maximum Gasteiger partial charge on any atom is 0.229 e. The van der Waals surface area contributed by atoms with Gasteiger partial charge in [-0.05, 0) is 82.9 Å². The number of nitrogens with zero attached hydrogens (tertiary/aromatic N) is 6. The van der Waals surface area contributed by atoms with Gasteiger partial charge in [-0.3, -0.25) is 0 Å². The summed E-state index contributed by atoms with van der Waals surface area (Å²) >= 11 is 0.